The molecule has 0 spiro atoms. The number of anilines is 1. The minimum atomic E-state index is 0.397. The standard InChI is InChI=1S/C14H25N3OS/c1-4-7-15-11(2)13-10-16-14(19-13)17(3)12-5-8-18-9-6-12/h10-12,15H,4-9H2,1-3H3. The molecular weight excluding hydrogens is 258 g/mol. The monoisotopic (exact) mass is 283 g/mol. The molecule has 1 aromatic rings. The molecule has 0 radical (unpaired) electrons. The highest BCUT2D eigenvalue weighted by molar-refractivity contribution is 7.15. The molecule has 2 heterocycles. The van der Waals surface area contributed by atoms with Gasteiger partial charge in [0.25, 0.3) is 0 Å². The number of aromatic nitrogens is 1. The Kier molecular flexibility index (Phi) is 5.60. The Labute approximate surface area is 120 Å². The first-order valence-electron chi connectivity index (χ1n) is 7.22. The average Bonchev–Trinajstić information content (AvgIpc) is 2.94. The number of ether oxygens (including phenoxy) is 1. The van der Waals surface area contributed by atoms with Crippen molar-refractivity contribution in [2.24, 2.45) is 0 Å². The second kappa shape index (κ2) is 7.22. The van der Waals surface area contributed by atoms with Crippen molar-refractivity contribution in [1.82, 2.24) is 10.3 Å². The van der Waals surface area contributed by atoms with Crippen molar-refractivity contribution in [3.05, 3.63) is 11.1 Å². The number of hydrogen-bond acceptors (Lipinski definition) is 5. The number of nitrogens with one attached hydrogen (secondary N) is 1. The smallest absolute Gasteiger partial charge is 0.185 e. The fourth-order valence-electron chi connectivity index (χ4n) is 2.33. The van der Waals surface area contributed by atoms with Crippen molar-refractivity contribution < 1.29 is 4.74 Å². The Morgan fingerprint density at radius 3 is 2.95 bits per heavy atom. The number of thiazole rings is 1. The van der Waals surface area contributed by atoms with E-state index in [0.717, 1.165) is 44.2 Å². The highest BCUT2D eigenvalue weighted by Gasteiger charge is 2.21. The molecule has 2 rings (SSSR count). The first-order chi connectivity index (χ1) is 9.22. The van der Waals surface area contributed by atoms with Crippen LogP contribution in [0.4, 0.5) is 5.13 Å². The molecule has 1 aromatic heterocycles. The molecule has 1 saturated heterocycles. The Hall–Kier alpha value is -0.650. The largest absolute Gasteiger partial charge is 0.381 e. The van der Waals surface area contributed by atoms with Crippen molar-refractivity contribution >= 4 is 16.5 Å². The lowest BCUT2D eigenvalue weighted by atomic mass is 10.1. The zero-order valence-corrected chi connectivity index (χ0v) is 13.0. The Morgan fingerprint density at radius 2 is 2.26 bits per heavy atom. The summed E-state index contributed by atoms with van der Waals surface area (Å²) in [7, 11) is 2.16. The fourth-order valence-corrected chi connectivity index (χ4v) is 3.31. The van der Waals surface area contributed by atoms with Gasteiger partial charge in [0.2, 0.25) is 0 Å². The second-order valence-electron chi connectivity index (χ2n) is 5.18. The zero-order chi connectivity index (χ0) is 13.7. The third-order valence-corrected chi connectivity index (χ3v) is 4.95. The maximum Gasteiger partial charge on any atom is 0.185 e. The van der Waals surface area contributed by atoms with Gasteiger partial charge >= 0.3 is 0 Å². The normalized spacial score (nSPS) is 18.5. The van der Waals surface area contributed by atoms with Crippen LogP contribution in [0.2, 0.25) is 0 Å². The van der Waals surface area contributed by atoms with Gasteiger partial charge in [-0.1, -0.05) is 6.92 Å². The molecule has 1 aliphatic rings. The van der Waals surface area contributed by atoms with E-state index in [9.17, 15) is 0 Å². The summed E-state index contributed by atoms with van der Waals surface area (Å²) >= 11 is 1.80. The molecule has 1 N–H and O–H groups in total. The lowest BCUT2D eigenvalue weighted by Gasteiger charge is -2.30. The van der Waals surface area contributed by atoms with Gasteiger partial charge in [-0.2, -0.15) is 0 Å². The zero-order valence-electron chi connectivity index (χ0n) is 12.2. The molecule has 1 aliphatic heterocycles. The molecule has 1 unspecified atom stereocenters. The minimum absolute atomic E-state index is 0.397. The first-order valence-corrected chi connectivity index (χ1v) is 8.03. The molecule has 1 atom stereocenters. The van der Waals surface area contributed by atoms with Gasteiger partial charge in [-0.3, -0.25) is 0 Å². The summed E-state index contributed by atoms with van der Waals surface area (Å²) in [5.41, 5.74) is 0. The summed E-state index contributed by atoms with van der Waals surface area (Å²) < 4.78 is 5.42. The SMILES string of the molecule is CCCNC(C)c1cnc(N(C)C2CCOCC2)s1. The molecule has 19 heavy (non-hydrogen) atoms. The van der Waals surface area contributed by atoms with E-state index in [1.165, 1.54) is 4.88 Å². The van der Waals surface area contributed by atoms with Gasteiger partial charge in [-0.25, -0.2) is 4.98 Å². The lowest BCUT2D eigenvalue weighted by molar-refractivity contribution is 0.0855. The van der Waals surface area contributed by atoms with Crippen molar-refractivity contribution in [3.63, 3.8) is 0 Å². The van der Waals surface area contributed by atoms with Crippen LogP contribution >= 0.6 is 11.3 Å². The predicted octanol–water partition coefficient (Wildman–Crippen LogP) is 2.82. The first kappa shape index (κ1) is 14.8. The van der Waals surface area contributed by atoms with Gasteiger partial charge in [-0.05, 0) is 32.7 Å². The summed E-state index contributed by atoms with van der Waals surface area (Å²) in [5, 5.41) is 4.64. The van der Waals surface area contributed by atoms with E-state index in [1.807, 2.05) is 6.20 Å². The second-order valence-corrected chi connectivity index (χ2v) is 6.22. The molecule has 0 amide bonds. The van der Waals surface area contributed by atoms with E-state index >= 15 is 0 Å². The van der Waals surface area contributed by atoms with Gasteiger partial charge < -0.3 is 15.0 Å². The van der Waals surface area contributed by atoms with Crippen molar-refractivity contribution in [2.75, 3.05) is 31.7 Å². The Bertz CT molecular complexity index is 377. The van der Waals surface area contributed by atoms with Crippen LogP contribution in [0, 0.1) is 0 Å². The number of rotatable bonds is 6. The molecule has 4 nitrogen and oxygen atoms in total. The van der Waals surface area contributed by atoms with Crippen LogP contribution < -0.4 is 10.2 Å². The van der Waals surface area contributed by atoms with E-state index in [-0.39, 0.29) is 0 Å². The summed E-state index contributed by atoms with van der Waals surface area (Å²) in [4.78, 5) is 8.23. The van der Waals surface area contributed by atoms with Gasteiger partial charge in [0.15, 0.2) is 5.13 Å². The predicted molar refractivity (Wildman–Crippen MR) is 81.1 cm³/mol. The Balaban J connectivity index is 1.95. The lowest BCUT2D eigenvalue weighted by Crippen LogP contribution is -2.36. The Morgan fingerprint density at radius 1 is 1.53 bits per heavy atom. The number of nitrogens with zero attached hydrogens (tertiary/aromatic N) is 2. The van der Waals surface area contributed by atoms with Crippen molar-refractivity contribution in [2.45, 2.75) is 45.2 Å². The summed E-state index contributed by atoms with van der Waals surface area (Å²) in [6, 6.07) is 0.973. The van der Waals surface area contributed by atoms with E-state index < -0.39 is 0 Å². The van der Waals surface area contributed by atoms with Crippen molar-refractivity contribution in [1.29, 1.82) is 0 Å². The maximum atomic E-state index is 5.42. The van der Waals surface area contributed by atoms with Crippen LogP contribution in [-0.4, -0.2) is 37.8 Å². The summed E-state index contributed by atoms with van der Waals surface area (Å²) in [5.74, 6) is 0. The topological polar surface area (TPSA) is 37.4 Å². The molecule has 108 valence electrons. The van der Waals surface area contributed by atoms with E-state index in [0.29, 0.717) is 12.1 Å². The fraction of sp³-hybridized carbons (Fsp3) is 0.786. The molecule has 0 aromatic carbocycles. The molecular formula is C14H25N3OS. The van der Waals surface area contributed by atoms with Crippen LogP contribution in [0.3, 0.4) is 0 Å². The summed E-state index contributed by atoms with van der Waals surface area (Å²) in [6.45, 7) is 7.21. The average molecular weight is 283 g/mol. The van der Waals surface area contributed by atoms with Crippen LogP contribution in [0.15, 0.2) is 6.20 Å². The summed E-state index contributed by atoms with van der Waals surface area (Å²) in [6.07, 6.45) is 5.39. The third-order valence-electron chi connectivity index (χ3n) is 3.68. The van der Waals surface area contributed by atoms with Crippen LogP contribution in [0.1, 0.15) is 44.0 Å². The minimum Gasteiger partial charge on any atom is -0.381 e. The van der Waals surface area contributed by atoms with E-state index in [4.69, 9.17) is 4.74 Å². The van der Waals surface area contributed by atoms with Gasteiger partial charge in [0.1, 0.15) is 0 Å². The highest BCUT2D eigenvalue weighted by atomic mass is 32.1. The van der Waals surface area contributed by atoms with Crippen molar-refractivity contribution in [3.8, 4) is 0 Å². The highest BCUT2D eigenvalue weighted by Crippen LogP contribution is 2.29. The van der Waals surface area contributed by atoms with Gasteiger partial charge in [0, 0.05) is 43.4 Å². The van der Waals surface area contributed by atoms with Gasteiger partial charge in [-0.15, -0.1) is 11.3 Å². The van der Waals surface area contributed by atoms with E-state index in [2.05, 4.69) is 36.1 Å². The van der Waals surface area contributed by atoms with Crippen LogP contribution in [0.25, 0.3) is 0 Å². The molecule has 0 bridgehead atoms. The molecule has 0 aliphatic carbocycles. The number of hydrogen-bond donors (Lipinski definition) is 1. The van der Waals surface area contributed by atoms with Crippen LogP contribution in [0.5, 0.6) is 0 Å². The molecule has 5 heteroatoms. The van der Waals surface area contributed by atoms with Crippen LogP contribution in [-0.2, 0) is 4.74 Å². The van der Waals surface area contributed by atoms with E-state index in [1.54, 1.807) is 11.3 Å². The maximum absolute atomic E-state index is 5.42. The quantitative estimate of drug-likeness (QED) is 0.871. The molecule has 1 fully saturated rings. The molecule has 0 saturated carbocycles. The third kappa shape index (κ3) is 3.91. The van der Waals surface area contributed by atoms with Gasteiger partial charge in [0.05, 0.1) is 0 Å².